The van der Waals surface area contributed by atoms with Crippen LogP contribution < -0.4 is 4.74 Å². The number of methoxy groups -OCH3 is 1. The molecule has 1 aliphatic carbocycles. The van der Waals surface area contributed by atoms with Crippen molar-refractivity contribution < 1.29 is 9.13 Å². The van der Waals surface area contributed by atoms with Crippen molar-refractivity contribution in [3.8, 4) is 5.75 Å². The lowest BCUT2D eigenvalue weighted by Crippen LogP contribution is -2.19. The first-order valence-electron chi connectivity index (χ1n) is 7.23. The summed E-state index contributed by atoms with van der Waals surface area (Å²) in [6.45, 7) is 0. The van der Waals surface area contributed by atoms with Crippen molar-refractivity contribution >= 4 is 11.6 Å². The largest absolute Gasteiger partial charge is 0.496 e. The molecule has 0 saturated carbocycles. The van der Waals surface area contributed by atoms with Gasteiger partial charge in [0.2, 0.25) is 0 Å². The zero-order valence-electron chi connectivity index (χ0n) is 12.0. The molecule has 0 aliphatic heterocycles. The third kappa shape index (κ3) is 2.91. The predicted octanol–water partition coefficient (Wildman–Crippen LogP) is 4.92. The number of benzene rings is 2. The molecular weight excluding hydrogens is 287 g/mol. The van der Waals surface area contributed by atoms with Gasteiger partial charge in [-0.2, -0.15) is 0 Å². The number of fused-ring (bicyclic) bond motifs is 1. The minimum Gasteiger partial charge on any atom is -0.496 e. The topological polar surface area (TPSA) is 9.23 Å². The Hall–Kier alpha value is -1.54. The van der Waals surface area contributed by atoms with Crippen molar-refractivity contribution in [2.75, 3.05) is 7.11 Å². The number of hydrogen-bond acceptors (Lipinski definition) is 1. The smallest absolute Gasteiger partial charge is 0.123 e. The number of hydrogen-bond donors (Lipinski definition) is 0. The van der Waals surface area contributed by atoms with E-state index in [1.54, 1.807) is 13.2 Å². The van der Waals surface area contributed by atoms with Gasteiger partial charge in [0.15, 0.2) is 0 Å². The molecular formula is C18H18ClFO. The van der Waals surface area contributed by atoms with Crippen LogP contribution in [-0.2, 0) is 12.8 Å². The molecule has 0 spiro atoms. The molecule has 2 aromatic carbocycles. The summed E-state index contributed by atoms with van der Waals surface area (Å²) < 4.78 is 18.9. The van der Waals surface area contributed by atoms with Crippen LogP contribution in [0.2, 0.25) is 0 Å². The normalized spacial score (nSPS) is 18.9. The Morgan fingerprint density at radius 3 is 2.71 bits per heavy atom. The third-order valence-electron chi connectivity index (χ3n) is 4.29. The Bertz CT molecular complexity index is 641. The summed E-state index contributed by atoms with van der Waals surface area (Å²) in [6.07, 6.45) is 2.98. The molecule has 2 aromatic rings. The summed E-state index contributed by atoms with van der Waals surface area (Å²) in [5, 5.41) is -0.232. The van der Waals surface area contributed by atoms with E-state index in [9.17, 15) is 4.39 Å². The van der Waals surface area contributed by atoms with E-state index >= 15 is 0 Å². The van der Waals surface area contributed by atoms with Crippen molar-refractivity contribution in [2.24, 2.45) is 5.92 Å². The number of rotatable bonds is 3. The van der Waals surface area contributed by atoms with Gasteiger partial charge in [0.1, 0.15) is 11.6 Å². The average Bonchev–Trinajstić information content (AvgIpc) is 2.53. The number of ether oxygens (including phenoxy) is 1. The number of aryl methyl sites for hydroxylation is 1. The second-order valence-electron chi connectivity index (χ2n) is 5.56. The molecule has 0 bridgehead atoms. The molecule has 2 atom stereocenters. The molecule has 0 fully saturated rings. The Kier molecular flexibility index (Phi) is 4.16. The highest BCUT2D eigenvalue weighted by atomic mass is 35.5. The van der Waals surface area contributed by atoms with E-state index < -0.39 is 0 Å². The highest BCUT2D eigenvalue weighted by Gasteiger charge is 2.28. The first-order chi connectivity index (χ1) is 10.2. The first kappa shape index (κ1) is 14.4. The van der Waals surface area contributed by atoms with Crippen LogP contribution in [0.3, 0.4) is 0 Å². The van der Waals surface area contributed by atoms with Gasteiger partial charge < -0.3 is 4.74 Å². The molecule has 1 aliphatic rings. The van der Waals surface area contributed by atoms with Gasteiger partial charge in [-0.25, -0.2) is 4.39 Å². The van der Waals surface area contributed by atoms with E-state index in [1.807, 2.05) is 0 Å². The molecule has 0 amide bonds. The van der Waals surface area contributed by atoms with E-state index in [1.165, 1.54) is 23.3 Å². The molecule has 0 aromatic heterocycles. The molecule has 3 heteroatoms. The lowest BCUT2D eigenvalue weighted by molar-refractivity contribution is 0.391. The van der Waals surface area contributed by atoms with Gasteiger partial charge in [-0.1, -0.05) is 24.3 Å². The fourth-order valence-corrected chi connectivity index (χ4v) is 3.54. The van der Waals surface area contributed by atoms with Crippen LogP contribution in [-0.4, -0.2) is 7.11 Å². The van der Waals surface area contributed by atoms with Crippen molar-refractivity contribution in [1.29, 1.82) is 0 Å². The van der Waals surface area contributed by atoms with Crippen LogP contribution in [0.5, 0.6) is 5.75 Å². The highest BCUT2D eigenvalue weighted by molar-refractivity contribution is 6.21. The van der Waals surface area contributed by atoms with Crippen molar-refractivity contribution in [3.05, 3.63) is 65.0 Å². The van der Waals surface area contributed by atoms with E-state index in [2.05, 4.69) is 24.3 Å². The van der Waals surface area contributed by atoms with Crippen LogP contribution in [0.25, 0.3) is 0 Å². The summed E-state index contributed by atoms with van der Waals surface area (Å²) in [6, 6.07) is 13.0. The van der Waals surface area contributed by atoms with Gasteiger partial charge >= 0.3 is 0 Å². The minimum absolute atomic E-state index is 0.232. The quantitative estimate of drug-likeness (QED) is 0.731. The SMILES string of the molecule is COc1ccc(F)cc1C(Cl)C1CCc2ccccc2C1. The van der Waals surface area contributed by atoms with E-state index in [4.69, 9.17) is 16.3 Å². The van der Waals surface area contributed by atoms with Gasteiger partial charge in [-0.15, -0.1) is 11.6 Å². The van der Waals surface area contributed by atoms with Gasteiger partial charge in [-0.3, -0.25) is 0 Å². The van der Waals surface area contributed by atoms with Gasteiger partial charge in [0.05, 0.1) is 12.5 Å². The third-order valence-corrected chi connectivity index (χ3v) is 4.88. The van der Waals surface area contributed by atoms with Crippen molar-refractivity contribution in [3.63, 3.8) is 0 Å². The fourth-order valence-electron chi connectivity index (χ4n) is 3.15. The Labute approximate surface area is 129 Å². The summed E-state index contributed by atoms with van der Waals surface area (Å²) in [4.78, 5) is 0. The second-order valence-corrected chi connectivity index (χ2v) is 6.03. The highest BCUT2D eigenvalue weighted by Crippen LogP contribution is 2.41. The molecule has 21 heavy (non-hydrogen) atoms. The molecule has 0 radical (unpaired) electrons. The first-order valence-corrected chi connectivity index (χ1v) is 7.67. The standard InChI is InChI=1S/C18H18ClFO/c1-21-17-9-8-15(20)11-16(17)18(19)14-7-6-12-4-2-3-5-13(12)10-14/h2-5,8-9,11,14,18H,6-7,10H2,1H3. The Morgan fingerprint density at radius 2 is 1.95 bits per heavy atom. The lowest BCUT2D eigenvalue weighted by atomic mass is 9.80. The summed E-state index contributed by atoms with van der Waals surface area (Å²) >= 11 is 6.66. The van der Waals surface area contributed by atoms with Crippen molar-refractivity contribution in [2.45, 2.75) is 24.6 Å². The molecule has 3 rings (SSSR count). The molecule has 0 N–H and O–H groups in total. The molecule has 1 nitrogen and oxygen atoms in total. The monoisotopic (exact) mass is 304 g/mol. The van der Waals surface area contributed by atoms with Crippen LogP contribution in [0, 0.1) is 11.7 Å². The average molecular weight is 305 g/mol. The summed E-state index contributed by atoms with van der Waals surface area (Å²) in [7, 11) is 1.59. The second kappa shape index (κ2) is 6.07. The molecule has 0 saturated heterocycles. The minimum atomic E-state index is -0.271. The van der Waals surface area contributed by atoms with Gasteiger partial charge in [0, 0.05) is 5.56 Å². The Balaban J connectivity index is 1.87. The lowest BCUT2D eigenvalue weighted by Gasteiger charge is -2.29. The zero-order chi connectivity index (χ0) is 14.8. The van der Waals surface area contributed by atoms with Gasteiger partial charge in [0.25, 0.3) is 0 Å². The summed E-state index contributed by atoms with van der Waals surface area (Å²) in [5.74, 6) is 0.695. The van der Waals surface area contributed by atoms with Crippen LogP contribution in [0.15, 0.2) is 42.5 Å². The van der Waals surface area contributed by atoms with Crippen LogP contribution in [0.1, 0.15) is 28.5 Å². The zero-order valence-corrected chi connectivity index (χ0v) is 12.7. The molecule has 0 heterocycles. The van der Waals surface area contributed by atoms with Gasteiger partial charge in [-0.05, 0) is 54.5 Å². The van der Waals surface area contributed by atoms with Crippen LogP contribution in [0.4, 0.5) is 4.39 Å². The van der Waals surface area contributed by atoms with Crippen LogP contribution >= 0.6 is 11.6 Å². The fraction of sp³-hybridized carbons (Fsp3) is 0.333. The summed E-state index contributed by atoms with van der Waals surface area (Å²) in [5.41, 5.74) is 3.52. The predicted molar refractivity (Wildman–Crippen MR) is 83.5 cm³/mol. The molecule has 110 valence electrons. The van der Waals surface area contributed by atoms with E-state index in [-0.39, 0.29) is 11.2 Å². The van der Waals surface area contributed by atoms with E-state index in [0.717, 1.165) is 24.8 Å². The van der Waals surface area contributed by atoms with Crippen molar-refractivity contribution in [1.82, 2.24) is 0 Å². The van der Waals surface area contributed by atoms with E-state index in [0.29, 0.717) is 11.7 Å². The maximum absolute atomic E-state index is 13.5. The maximum Gasteiger partial charge on any atom is 0.123 e. The number of halogens is 2. The molecule has 2 unspecified atom stereocenters. The number of alkyl halides is 1. The Morgan fingerprint density at radius 1 is 1.19 bits per heavy atom. The maximum atomic E-state index is 13.5.